The van der Waals surface area contributed by atoms with E-state index in [2.05, 4.69) is 10.1 Å². The van der Waals surface area contributed by atoms with E-state index in [0.29, 0.717) is 24.1 Å². The fourth-order valence-electron chi connectivity index (χ4n) is 1.54. The van der Waals surface area contributed by atoms with E-state index in [0.717, 1.165) is 5.75 Å². The number of hydrogen-bond acceptors (Lipinski definition) is 6. The van der Waals surface area contributed by atoms with Crippen LogP contribution in [0.3, 0.4) is 0 Å². The van der Waals surface area contributed by atoms with Gasteiger partial charge in [0.2, 0.25) is 0 Å². The second kappa shape index (κ2) is 5.92. The van der Waals surface area contributed by atoms with Crippen LogP contribution in [0.25, 0.3) is 0 Å². The zero-order chi connectivity index (χ0) is 14.6. The van der Waals surface area contributed by atoms with Crippen LogP contribution in [0.1, 0.15) is 32.5 Å². The van der Waals surface area contributed by atoms with Crippen LogP contribution in [0.4, 0.5) is 0 Å². The highest BCUT2D eigenvalue weighted by atomic mass is 16.5. The first kappa shape index (κ1) is 14.3. The number of aromatic nitrogens is 2. The minimum Gasteiger partial charge on any atom is -0.494 e. The highest BCUT2D eigenvalue weighted by Gasteiger charge is 2.21. The summed E-state index contributed by atoms with van der Waals surface area (Å²) < 4.78 is 16.1. The normalized spacial score (nSPS) is 11.4. The number of benzene rings is 1. The van der Waals surface area contributed by atoms with Gasteiger partial charge in [-0.3, -0.25) is 0 Å². The number of rotatable bonds is 6. The molecule has 0 aliphatic heterocycles. The Bertz CT molecular complexity index is 561. The zero-order valence-corrected chi connectivity index (χ0v) is 11.9. The van der Waals surface area contributed by atoms with Crippen LogP contribution in [-0.2, 0) is 12.1 Å². The molecular weight excluding hydrogens is 258 g/mol. The molecule has 1 aromatic heterocycles. The van der Waals surface area contributed by atoms with E-state index >= 15 is 0 Å². The lowest BCUT2D eigenvalue weighted by atomic mass is 10.1. The first-order valence-electron chi connectivity index (χ1n) is 6.46. The second-order valence-electron chi connectivity index (χ2n) is 4.93. The van der Waals surface area contributed by atoms with Crippen molar-refractivity contribution in [3.63, 3.8) is 0 Å². The van der Waals surface area contributed by atoms with E-state index in [9.17, 15) is 0 Å². The van der Waals surface area contributed by atoms with E-state index in [-0.39, 0.29) is 6.61 Å². The summed E-state index contributed by atoms with van der Waals surface area (Å²) in [6, 6.07) is 7.39. The smallest absolute Gasteiger partial charge is 0.264 e. The molecule has 0 fully saturated rings. The summed E-state index contributed by atoms with van der Waals surface area (Å²) in [4.78, 5) is 4.20. The van der Waals surface area contributed by atoms with E-state index in [1.165, 1.54) is 0 Å². The van der Waals surface area contributed by atoms with E-state index in [1.807, 2.05) is 45.0 Å². The average molecular weight is 277 g/mol. The molecule has 2 aromatic rings. The van der Waals surface area contributed by atoms with Crippen LogP contribution in [0, 0.1) is 0 Å². The molecule has 1 aromatic carbocycles. The van der Waals surface area contributed by atoms with Crippen molar-refractivity contribution in [3.05, 3.63) is 36.0 Å². The average Bonchev–Trinajstić information content (AvgIpc) is 2.86. The molecule has 2 N–H and O–H groups in total. The lowest BCUT2D eigenvalue weighted by Crippen LogP contribution is -2.30. The summed E-state index contributed by atoms with van der Waals surface area (Å²) in [6.07, 6.45) is 0. The van der Waals surface area contributed by atoms with Crippen molar-refractivity contribution in [2.24, 2.45) is 5.73 Å². The van der Waals surface area contributed by atoms with Gasteiger partial charge in [-0.05, 0) is 32.9 Å². The molecule has 0 aliphatic rings. The fourth-order valence-corrected chi connectivity index (χ4v) is 1.54. The minimum absolute atomic E-state index is 0.193. The van der Waals surface area contributed by atoms with Crippen molar-refractivity contribution in [1.29, 1.82) is 0 Å². The third-order valence-corrected chi connectivity index (χ3v) is 2.52. The topological polar surface area (TPSA) is 83.4 Å². The molecule has 6 heteroatoms. The Labute approximate surface area is 117 Å². The Balaban J connectivity index is 1.98. The first-order valence-corrected chi connectivity index (χ1v) is 6.46. The van der Waals surface area contributed by atoms with Gasteiger partial charge in [0.25, 0.3) is 5.89 Å². The monoisotopic (exact) mass is 277 g/mol. The number of nitrogens with two attached hydrogens (primary N) is 1. The van der Waals surface area contributed by atoms with Gasteiger partial charge in [0.05, 0.1) is 12.1 Å². The first-order chi connectivity index (χ1) is 9.49. The van der Waals surface area contributed by atoms with Gasteiger partial charge in [-0.2, -0.15) is 4.98 Å². The summed E-state index contributed by atoms with van der Waals surface area (Å²) in [5.74, 6) is 2.29. The SMILES string of the molecule is CCOc1cccc(OCc2nc(C(C)(C)N)no2)c1. The van der Waals surface area contributed by atoms with Crippen LogP contribution < -0.4 is 15.2 Å². The Morgan fingerprint density at radius 2 is 1.95 bits per heavy atom. The van der Waals surface area contributed by atoms with Crippen molar-refractivity contribution in [2.45, 2.75) is 32.9 Å². The van der Waals surface area contributed by atoms with Crippen molar-refractivity contribution in [3.8, 4) is 11.5 Å². The maximum Gasteiger partial charge on any atom is 0.264 e. The highest BCUT2D eigenvalue weighted by molar-refractivity contribution is 5.32. The number of ether oxygens (including phenoxy) is 2. The molecule has 0 radical (unpaired) electrons. The van der Waals surface area contributed by atoms with Crippen molar-refractivity contribution in [2.75, 3.05) is 6.61 Å². The molecule has 0 saturated heterocycles. The third-order valence-electron chi connectivity index (χ3n) is 2.52. The van der Waals surface area contributed by atoms with Crippen molar-refractivity contribution < 1.29 is 14.0 Å². The molecule has 0 aliphatic carbocycles. The molecule has 6 nitrogen and oxygen atoms in total. The van der Waals surface area contributed by atoms with Gasteiger partial charge in [-0.25, -0.2) is 0 Å². The number of nitrogens with zero attached hydrogens (tertiary/aromatic N) is 2. The maximum absolute atomic E-state index is 5.89. The van der Waals surface area contributed by atoms with E-state index < -0.39 is 5.54 Å². The van der Waals surface area contributed by atoms with Gasteiger partial charge < -0.3 is 19.7 Å². The number of hydrogen-bond donors (Lipinski definition) is 1. The molecule has 0 unspecified atom stereocenters. The highest BCUT2D eigenvalue weighted by Crippen LogP contribution is 2.20. The van der Waals surface area contributed by atoms with Crippen LogP contribution in [-0.4, -0.2) is 16.7 Å². The second-order valence-corrected chi connectivity index (χ2v) is 4.93. The van der Waals surface area contributed by atoms with Crippen LogP contribution >= 0.6 is 0 Å². The summed E-state index contributed by atoms with van der Waals surface area (Å²) >= 11 is 0. The lowest BCUT2D eigenvalue weighted by molar-refractivity contribution is 0.240. The van der Waals surface area contributed by atoms with E-state index in [4.69, 9.17) is 19.7 Å². The van der Waals surface area contributed by atoms with Crippen LogP contribution in [0.2, 0.25) is 0 Å². The molecule has 0 saturated carbocycles. The summed E-state index contributed by atoms with van der Waals surface area (Å²) in [5, 5.41) is 3.83. The zero-order valence-electron chi connectivity index (χ0n) is 11.9. The predicted octanol–water partition coefficient (Wildman–Crippen LogP) is 2.24. The molecule has 20 heavy (non-hydrogen) atoms. The van der Waals surface area contributed by atoms with Gasteiger partial charge in [-0.15, -0.1) is 0 Å². The summed E-state index contributed by atoms with van der Waals surface area (Å²) in [7, 11) is 0. The molecule has 0 spiro atoms. The molecule has 0 amide bonds. The van der Waals surface area contributed by atoms with Crippen LogP contribution in [0.15, 0.2) is 28.8 Å². The molecular formula is C14H19N3O3. The van der Waals surface area contributed by atoms with Crippen LogP contribution in [0.5, 0.6) is 11.5 Å². The fraction of sp³-hybridized carbons (Fsp3) is 0.429. The molecule has 2 rings (SSSR count). The Morgan fingerprint density at radius 3 is 2.55 bits per heavy atom. The van der Waals surface area contributed by atoms with Crippen molar-refractivity contribution >= 4 is 0 Å². The summed E-state index contributed by atoms with van der Waals surface area (Å²) in [6.45, 7) is 6.37. The van der Waals surface area contributed by atoms with E-state index in [1.54, 1.807) is 0 Å². The van der Waals surface area contributed by atoms with Gasteiger partial charge in [0.15, 0.2) is 12.4 Å². The standard InChI is InChI=1S/C14H19N3O3/c1-4-18-10-6-5-7-11(8-10)19-9-12-16-13(17-20-12)14(2,3)15/h5-8H,4,9,15H2,1-3H3. The quantitative estimate of drug-likeness (QED) is 0.871. The summed E-state index contributed by atoms with van der Waals surface area (Å²) in [5.41, 5.74) is 5.26. The van der Waals surface area contributed by atoms with Gasteiger partial charge in [0, 0.05) is 6.07 Å². The molecule has 0 bridgehead atoms. The third kappa shape index (κ3) is 3.71. The molecule has 108 valence electrons. The van der Waals surface area contributed by atoms with Gasteiger partial charge in [0.1, 0.15) is 11.5 Å². The molecule has 0 atom stereocenters. The predicted molar refractivity (Wildman–Crippen MR) is 73.5 cm³/mol. The van der Waals surface area contributed by atoms with Gasteiger partial charge in [-0.1, -0.05) is 11.2 Å². The van der Waals surface area contributed by atoms with Gasteiger partial charge >= 0.3 is 0 Å². The largest absolute Gasteiger partial charge is 0.494 e. The van der Waals surface area contributed by atoms with Crippen molar-refractivity contribution in [1.82, 2.24) is 10.1 Å². The Kier molecular flexibility index (Phi) is 4.24. The minimum atomic E-state index is -0.628. The maximum atomic E-state index is 5.89. The lowest BCUT2D eigenvalue weighted by Gasteiger charge is -2.11. The Hall–Kier alpha value is -2.08. The molecule has 1 heterocycles. The Morgan fingerprint density at radius 1 is 1.25 bits per heavy atom.